The van der Waals surface area contributed by atoms with Gasteiger partial charge >= 0.3 is 0 Å². The molecule has 0 unspecified atom stereocenters. The fourth-order valence-electron chi connectivity index (χ4n) is 4.24. The number of nitrogens with two attached hydrogens (primary N) is 1. The maximum Gasteiger partial charge on any atom is 0.251 e. The van der Waals surface area contributed by atoms with Crippen LogP contribution in [0.3, 0.4) is 0 Å². The minimum atomic E-state index is -0.548. The van der Waals surface area contributed by atoms with Crippen molar-refractivity contribution in [2.75, 3.05) is 31.9 Å². The summed E-state index contributed by atoms with van der Waals surface area (Å²) in [7, 11) is 0. The second-order valence-corrected chi connectivity index (χ2v) is 8.85. The van der Waals surface area contributed by atoms with Crippen molar-refractivity contribution >= 4 is 28.5 Å². The number of fused-ring (bicyclic) bond motifs is 1. The number of hydrogen-bond donors (Lipinski definition) is 2. The Morgan fingerprint density at radius 1 is 1.00 bits per heavy atom. The molecule has 34 heavy (non-hydrogen) atoms. The van der Waals surface area contributed by atoms with E-state index < -0.39 is 6.04 Å². The number of carbonyl (C=O) groups excluding carboxylic acids is 2. The number of nitrogens with one attached hydrogen (secondary N) is 1. The number of carbonyl (C=O) groups is 2. The van der Waals surface area contributed by atoms with Crippen LogP contribution in [-0.4, -0.2) is 63.8 Å². The number of hydrogen-bond acceptors (Lipinski definition) is 6. The van der Waals surface area contributed by atoms with E-state index in [1.807, 2.05) is 61.2 Å². The smallest absolute Gasteiger partial charge is 0.251 e. The maximum absolute atomic E-state index is 13.4. The summed E-state index contributed by atoms with van der Waals surface area (Å²) in [5, 5.41) is 3.83. The van der Waals surface area contributed by atoms with E-state index >= 15 is 0 Å². The van der Waals surface area contributed by atoms with Crippen LogP contribution in [0.1, 0.15) is 36.5 Å². The van der Waals surface area contributed by atoms with Crippen molar-refractivity contribution in [3.63, 3.8) is 0 Å². The van der Waals surface area contributed by atoms with Crippen LogP contribution in [0.2, 0.25) is 0 Å². The van der Waals surface area contributed by atoms with Gasteiger partial charge < -0.3 is 16.0 Å². The van der Waals surface area contributed by atoms with Crippen molar-refractivity contribution < 1.29 is 9.59 Å². The van der Waals surface area contributed by atoms with Crippen LogP contribution in [0, 0.1) is 5.92 Å². The van der Waals surface area contributed by atoms with E-state index in [0.717, 1.165) is 17.3 Å². The lowest BCUT2D eigenvalue weighted by atomic mass is 9.97. The number of nitrogen functional groups attached to an aromatic ring is 1. The van der Waals surface area contributed by atoms with E-state index in [1.54, 1.807) is 12.1 Å². The van der Waals surface area contributed by atoms with Crippen LogP contribution in [0.4, 0.5) is 5.82 Å². The van der Waals surface area contributed by atoms with Gasteiger partial charge in [0.15, 0.2) is 0 Å². The summed E-state index contributed by atoms with van der Waals surface area (Å²) >= 11 is 0. The molecule has 0 spiro atoms. The molecule has 4 rings (SSSR count). The highest BCUT2D eigenvalue weighted by Gasteiger charge is 2.32. The van der Waals surface area contributed by atoms with Gasteiger partial charge in [-0.15, -0.1) is 0 Å². The lowest BCUT2D eigenvalue weighted by Crippen LogP contribution is -2.56. The molecule has 2 atom stereocenters. The molecule has 2 aromatic carbocycles. The number of amides is 2. The third kappa shape index (κ3) is 5.34. The molecule has 8 heteroatoms. The van der Waals surface area contributed by atoms with E-state index in [9.17, 15) is 9.59 Å². The Kier molecular flexibility index (Phi) is 7.37. The zero-order valence-corrected chi connectivity index (χ0v) is 19.8. The topological polar surface area (TPSA) is 104 Å². The van der Waals surface area contributed by atoms with Gasteiger partial charge in [-0.1, -0.05) is 50.6 Å². The highest BCUT2D eigenvalue weighted by atomic mass is 16.2. The fraction of sp³-hybridized carbons (Fsp3) is 0.385. The predicted octanol–water partition coefficient (Wildman–Crippen LogP) is 2.70. The van der Waals surface area contributed by atoms with Crippen molar-refractivity contribution in [1.82, 2.24) is 25.1 Å². The molecule has 8 nitrogen and oxygen atoms in total. The molecule has 0 aliphatic carbocycles. The summed E-state index contributed by atoms with van der Waals surface area (Å²) in [5.41, 5.74) is 7.52. The summed E-state index contributed by atoms with van der Waals surface area (Å²) in [6.07, 6.45) is 0.798. The number of para-hydroxylation sites is 1. The molecule has 0 bridgehead atoms. The molecule has 1 aromatic heterocycles. The van der Waals surface area contributed by atoms with Crippen LogP contribution in [0.25, 0.3) is 10.9 Å². The standard InChI is InChI=1S/C26H32N6O2/c1-3-18(2)23(30-25(33)19-9-5-4-6-10-19)26(34)32-15-13-31(14-16-32)17-22-28-21-12-8-7-11-20(21)24(27)29-22/h4-12,18,23H,3,13-17H2,1-2H3,(H,30,33)(H2,27,28,29)/t18-,23-/m1/s1. The first-order valence-electron chi connectivity index (χ1n) is 11.8. The van der Waals surface area contributed by atoms with Crippen molar-refractivity contribution in [2.45, 2.75) is 32.9 Å². The SMILES string of the molecule is CC[C@@H](C)[C@@H](NC(=O)c1ccccc1)C(=O)N1CCN(Cc2nc(N)c3ccccc3n2)CC1. The first-order chi connectivity index (χ1) is 16.5. The van der Waals surface area contributed by atoms with Gasteiger partial charge in [-0.3, -0.25) is 14.5 Å². The van der Waals surface area contributed by atoms with Gasteiger partial charge in [0.25, 0.3) is 5.91 Å². The minimum Gasteiger partial charge on any atom is -0.383 e. The molecule has 1 aliphatic rings. The molecule has 178 valence electrons. The maximum atomic E-state index is 13.4. The van der Waals surface area contributed by atoms with Gasteiger partial charge in [0, 0.05) is 37.1 Å². The molecule has 1 fully saturated rings. The Hall–Kier alpha value is -3.52. The Morgan fingerprint density at radius 3 is 2.38 bits per heavy atom. The third-order valence-corrected chi connectivity index (χ3v) is 6.53. The number of rotatable bonds is 7. The van der Waals surface area contributed by atoms with E-state index in [0.29, 0.717) is 49.9 Å². The Balaban J connectivity index is 1.38. The quantitative estimate of drug-likeness (QED) is 0.562. The third-order valence-electron chi connectivity index (χ3n) is 6.53. The van der Waals surface area contributed by atoms with E-state index in [-0.39, 0.29) is 17.7 Å². The summed E-state index contributed by atoms with van der Waals surface area (Å²) in [6.45, 7) is 7.23. The second kappa shape index (κ2) is 10.6. The zero-order chi connectivity index (χ0) is 24.1. The summed E-state index contributed by atoms with van der Waals surface area (Å²) in [5.74, 6) is 0.962. The lowest BCUT2D eigenvalue weighted by molar-refractivity contribution is -0.136. The predicted molar refractivity (Wildman–Crippen MR) is 133 cm³/mol. The monoisotopic (exact) mass is 460 g/mol. The summed E-state index contributed by atoms with van der Waals surface area (Å²) in [6, 6.07) is 16.2. The Bertz CT molecular complexity index is 1140. The van der Waals surface area contributed by atoms with E-state index in [4.69, 9.17) is 5.73 Å². The summed E-state index contributed by atoms with van der Waals surface area (Å²) < 4.78 is 0. The van der Waals surface area contributed by atoms with Gasteiger partial charge in [0.1, 0.15) is 17.7 Å². The molecule has 0 radical (unpaired) electrons. The molecular weight excluding hydrogens is 428 g/mol. The molecule has 1 saturated heterocycles. The number of anilines is 1. The summed E-state index contributed by atoms with van der Waals surface area (Å²) in [4.78, 5) is 39.3. The number of nitrogens with zero attached hydrogens (tertiary/aromatic N) is 4. The molecule has 3 aromatic rings. The van der Waals surface area contributed by atoms with Crippen LogP contribution in [-0.2, 0) is 11.3 Å². The highest BCUT2D eigenvalue weighted by Crippen LogP contribution is 2.19. The van der Waals surface area contributed by atoms with Crippen molar-refractivity contribution in [3.8, 4) is 0 Å². The van der Waals surface area contributed by atoms with Crippen LogP contribution < -0.4 is 11.1 Å². The van der Waals surface area contributed by atoms with Crippen LogP contribution >= 0.6 is 0 Å². The molecule has 2 amide bonds. The van der Waals surface area contributed by atoms with E-state index in [2.05, 4.69) is 20.2 Å². The van der Waals surface area contributed by atoms with Gasteiger partial charge in [-0.2, -0.15) is 0 Å². The van der Waals surface area contributed by atoms with Crippen molar-refractivity contribution in [1.29, 1.82) is 0 Å². The largest absolute Gasteiger partial charge is 0.383 e. The highest BCUT2D eigenvalue weighted by molar-refractivity contribution is 5.97. The average molecular weight is 461 g/mol. The Morgan fingerprint density at radius 2 is 1.68 bits per heavy atom. The molecular formula is C26H32N6O2. The molecule has 3 N–H and O–H groups in total. The zero-order valence-electron chi connectivity index (χ0n) is 19.8. The second-order valence-electron chi connectivity index (χ2n) is 8.85. The fourth-order valence-corrected chi connectivity index (χ4v) is 4.24. The van der Waals surface area contributed by atoms with Crippen molar-refractivity contribution in [2.24, 2.45) is 5.92 Å². The molecule has 1 aliphatic heterocycles. The number of piperazine rings is 1. The van der Waals surface area contributed by atoms with Crippen LogP contribution in [0.5, 0.6) is 0 Å². The first kappa shape index (κ1) is 23.6. The number of aromatic nitrogens is 2. The molecule has 2 heterocycles. The van der Waals surface area contributed by atoms with Gasteiger partial charge in [-0.05, 0) is 30.2 Å². The number of benzene rings is 2. The van der Waals surface area contributed by atoms with Crippen molar-refractivity contribution in [3.05, 3.63) is 66.0 Å². The average Bonchev–Trinajstić information content (AvgIpc) is 2.87. The molecule has 0 saturated carbocycles. The normalized spacial score (nSPS) is 16.2. The lowest BCUT2D eigenvalue weighted by Gasteiger charge is -2.37. The van der Waals surface area contributed by atoms with Crippen LogP contribution in [0.15, 0.2) is 54.6 Å². The van der Waals surface area contributed by atoms with E-state index in [1.165, 1.54) is 0 Å². The van der Waals surface area contributed by atoms with Gasteiger partial charge in [0.05, 0.1) is 12.1 Å². The van der Waals surface area contributed by atoms with Gasteiger partial charge in [-0.25, -0.2) is 9.97 Å². The van der Waals surface area contributed by atoms with Gasteiger partial charge in [0.2, 0.25) is 5.91 Å². The first-order valence-corrected chi connectivity index (χ1v) is 11.8. The Labute approximate surface area is 200 Å². The minimum absolute atomic E-state index is 0.0236.